The molecule has 0 amide bonds. The first-order valence-electron chi connectivity index (χ1n) is 23.9. The normalized spacial score (nSPS) is 13.9. The third kappa shape index (κ3) is 45.3. The first-order chi connectivity index (χ1) is 28.5. The summed E-state index contributed by atoms with van der Waals surface area (Å²) in [6.45, 7) is 4.08. The molecule has 0 N–H and O–H groups in total. The standard InChI is InChI=1S/C49H90NO8P/c1-6-8-10-12-14-16-18-20-22-23-24-25-26-28-29-31-33-35-37-39-41-48(51)55-45-47(46-57-59(53,54)56-44-43-50(3,4)5)58-49(52)42-40-38-36-34-32-30-27-21-19-17-15-13-11-9-7-2/h9,11,13,15,17,19,21,27,47H,6-8,10,12,14,16,18,20,22-26,28-46H2,1-5H3/b11-9+,15-13+,19-17+,27-21+/t47-/m1/s1. The van der Waals surface area contributed by atoms with Gasteiger partial charge in [0.2, 0.25) is 0 Å². The van der Waals surface area contributed by atoms with Gasteiger partial charge in [0.15, 0.2) is 6.10 Å². The number of nitrogens with zero attached hydrogens (tertiary/aromatic N) is 1. The molecule has 0 spiro atoms. The summed E-state index contributed by atoms with van der Waals surface area (Å²) in [6, 6.07) is 0. The number of carbonyl (C=O) groups excluding carboxylic acids is 2. The fourth-order valence-corrected chi connectivity index (χ4v) is 7.22. The average molecular weight is 852 g/mol. The molecule has 344 valence electrons. The van der Waals surface area contributed by atoms with Crippen LogP contribution in [0.1, 0.15) is 200 Å². The molecule has 0 aliphatic carbocycles. The van der Waals surface area contributed by atoms with Crippen molar-refractivity contribution < 1.29 is 42.1 Å². The number of hydrogen-bond donors (Lipinski definition) is 0. The molecule has 0 aromatic rings. The van der Waals surface area contributed by atoms with Crippen molar-refractivity contribution in [1.82, 2.24) is 0 Å². The van der Waals surface area contributed by atoms with Crippen LogP contribution in [-0.2, 0) is 32.7 Å². The highest BCUT2D eigenvalue weighted by molar-refractivity contribution is 7.45. The lowest BCUT2D eigenvalue weighted by atomic mass is 10.0. The minimum atomic E-state index is -4.63. The molecule has 0 aliphatic heterocycles. The summed E-state index contributed by atoms with van der Waals surface area (Å²) in [5.74, 6) is -0.857. The van der Waals surface area contributed by atoms with Gasteiger partial charge in [-0.05, 0) is 32.1 Å². The maximum Gasteiger partial charge on any atom is 0.306 e. The van der Waals surface area contributed by atoms with Crippen LogP contribution in [-0.4, -0.2) is 70.0 Å². The number of esters is 2. The second kappa shape index (κ2) is 41.3. The average Bonchev–Trinajstić information content (AvgIpc) is 3.19. The molecule has 1 unspecified atom stereocenters. The van der Waals surface area contributed by atoms with Gasteiger partial charge in [-0.1, -0.05) is 204 Å². The lowest BCUT2D eigenvalue weighted by molar-refractivity contribution is -0.870. The van der Waals surface area contributed by atoms with Crippen LogP contribution in [0.3, 0.4) is 0 Å². The summed E-state index contributed by atoms with van der Waals surface area (Å²) < 4.78 is 33.9. The summed E-state index contributed by atoms with van der Waals surface area (Å²) in [6.07, 6.45) is 48.6. The number of allylic oxidation sites excluding steroid dienone is 8. The topological polar surface area (TPSA) is 111 Å². The number of likely N-dealkylation sites (N-methyl/N-ethyl adjacent to an activating group) is 1. The van der Waals surface area contributed by atoms with Crippen molar-refractivity contribution >= 4 is 19.8 Å². The zero-order valence-electron chi connectivity index (χ0n) is 38.7. The summed E-state index contributed by atoms with van der Waals surface area (Å²) in [5, 5.41) is 0. The summed E-state index contributed by atoms with van der Waals surface area (Å²) in [7, 11) is 1.15. The molecule has 0 aliphatic rings. The Morgan fingerprint density at radius 2 is 0.966 bits per heavy atom. The predicted molar refractivity (Wildman–Crippen MR) is 245 cm³/mol. The van der Waals surface area contributed by atoms with Crippen LogP contribution in [0.5, 0.6) is 0 Å². The van der Waals surface area contributed by atoms with Crippen LogP contribution in [0.2, 0.25) is 0 Å². The molecule has 9 nitrogen and oxygen atoms in total. The van der Waals surface area contributed by atoms with E-state index in [0.717, 1.165) is 57.8 Å². The fourth-order valence-electron chi connectivity index (χ4n) is 6.49. The highest BCUT2D eigenvalue weighted by Crippen LogP contribution is 2.38. The number of rotatable bonds is 43. The van der Waals surface area contributed by atoms with Gasteiger partial charge in [-0.25, -0.2) is 0 Å². The Balaban J connectivity index is 4.28. The zero-order chi connectivity index (χ0) is 43.6. The SMILES string of the molecule is CC/C=C/C=C/C=C/C=C/CCCCCCCC(=O)O[C@H](COC(=O)CCCCCCCCCCCCCCCCCCCCCC)COP(=O)([O-])OCC[N+](C)(C)C. The lowest BCUT2D eigenvalue weighted by Crippen LogP contribution is -2.37. The second-order valence-electron chi connectivity index (χ2n) is 17.2. The van der Waals surface area contributed by atoms with Gasteiger partial charge in [0.1, 0.15) is 19.8 Å². The maximum absolute atomic E-state index is 12.7. The van der Waals surface area contributed by atoms with Crippen molar-refractivity contribution in [1.29, 1.82) is 0 Å². The van der Waals surface area contributed by atoms with Crippen LogP contribution in [0, 0.1) is 0 Å². The molecule has 0 saturated heterocycles. The van der Waals surface area contributed by atoms with E-state index in [1.54, 1.807) is 0 Å². The second-order valence-corrected chi connectivity index (χ2v) is 18.6. The number of quaternary nitrogens is 1. The third-order valence-electron chi connectivity index (χ3n) is 10.2. The van der Waals surface area contributed by atoms with E-state index in [2.05, 4.69) is 32.1 Å². The molecular weight excluding hydrogens is 762 g/mol. The molecule has 0 rings (SSSR count). The highest BCUT2D eigenvalue weighted by atomic mass is 31.2. The van der Waals surface area contributed by atoms with Gasteiger partial charge in [0, 0.05) is 12.8 Å². The molecule has 2 atom stereocenters. The van der Waals surface area contributed by atoms with Gasteiger partial charge in [0.05, 0.1) is 27.7 Å². The van der Waals surface area contributed by atoms with Crippen molar-refractivity contribution in [2.24, 2.45) is 0 Å². The monoisotopic (exact) mass is 852 g/mol. The number of phosphoric acid groups is 1. The summed E-state index contributed by atoms with van der Waals surface area (Å²) >= 11 is 0. The summed E-state index contributed by atoms with van der Waals surface area (Å²) in [5.41, 5.74) is 0. The van der Waals surface area contributed by atoms with Crippen LogP contribution < -0.4 is 4.89 Å². The van der Waals surface area contributed by atoms with Gasteiger partial charge in [-0.15, -0.1) is 0 Å². The molecule has 0 radical (unpaired) electrons. The van der Waals surface area contributed by atoms with E-state index < -0.39 is 26.5 Å². The molecule has 0 heterocycles. The van der Waals surface area contributed by atoms with Crippen molar-refractivity contribution in [3.63, 3.8) is 0 Å². The molecule has 0 saturated carbocycles. The van der Waals surface area contributed by atoms with E-state index in [0.29, 0.717) is 17.4 Å². The van der Waals surface area contributed by atoms with E-state index in [-0.39, 0.29) is 32.0 Å². The Hall–Kier alpha value is -2.03. The minimum Gasteiger partial charge on any atom is -0.756 e. The smallest absolute Gasteiger partial charge is 0.306 e. The van der Waals surface area contributed by atoms with Gasteiger partial charge >= 0.3 is 11.9 Å². The van der Waals surface area contributed by atoms with Crippen LogP contribution in [0.15, 0.2) is 48.6 Å². The van der Waals surface area contributed by atoms with E-state index in [9.17, 15) is 19.0 Å². The molecule has 0 aromatic carbocycles. The maximum atomic E-state index is 12.7. The predicted octanol–water partition coefficient (Wildman–Crippen LogP) is 13.2. The Labute approximate surface area is 363 Å². The molecular formula is C49H90NO8P. The number of hydrogen-bond acceptors (Lipinski definition) is 8. The molecule has 0 aromatic heterocycles. The van der Waals surface area contributed by atoms with Crippen LogP contribution in [0.4, 0.5) is 0 Å². The third-order valence-corrected chi connectivity index (χ3v) is 11.2. The highest BCUT2D eigenvalue weighted by Gasteiger charge is 2.21. The molecule has 0 bridgehead atoms. The van der Waals surface area contributed by atoms with E-state index in [4.69, 9.17) is 18.5 Å². The first kappa shape index (κ1) is 57.0. The van der Waals surface area contributed by atoms with E-state index in [1.165, 1.54) is 109 Å². The Morgan fingerprint density at radius 1 is 0.542 bits per heavy atom. The van der Waals surface area contributed by atoms with Gasteiger partial charge < -0.3 is 27.9 Å². The Morgan fingerprint density at radius 3 is 1.44 bits per heavy atom. The molecule has 59 heavy (non-hydrogen) atoms. The van der Waals surface area contributed by atoms with Gasteiger partial charge in [-0.3, -0.25) is 14.2 Å². The van der Waals surface area contributed by atoms with E-state index in [1.807, 2.05) is 51.5 Å². The van der Waals surface area contributed by atoms with Crippen LogP contribution in [0.25, 0.3) is 0 Å². The largest absolute Gasteiger partial charge is 0.756 e. The van der Waals surface area contributed by atoms with Crippen molar-refractivity contribution in [2.45, 2.75) is 206 Å². The number of carbonyl (C=O) groups is 2. The first-order valence-corrected chi connectivity index (χ1v) is 25.4. The summed E-state index contributed by atoms with van der Waals surface area (Å²) in [4.78, 5) is 37.6. The van der Waals surface area contributed by atoms with Crippen molar-refractivity contribution in [3.8, 4) is 0 Å². The Kier molecular flexibility index (Phi) is 39.9. The lowest BCUT2D eigenvalue weighted by Gasteiger charge is -2.28. The van der Waals surface area contributed by atoms with E-state index >= 15 is 0 Å². The van der Waals surface area contributed by atoms with Crippen LogP contribution >= 0.6 is 7.82 Å². The van der Waals surface area contributed by atoms with Gasteiger partial charge in [-0.2, -0.15) is 0 Å². The van der Waals surface area contributed by atoms with Crippen molar-refractivity contribution in [2.75, 3.05) is 47.5 Å². The Bertz CT molecular complexity index is 1150. The molecule has 0 fully saturated rings. The molecule has 10 heteroatoms. The van der Waals surface area contributed by atoms with Gasteiger partial charge in [0.25, 0.3) is 7.82 Å². The number of unbranched alkanes of at least 4 members (excludes halogenated alkanes) is 24. The number of phosphoric ester groups is 1. The van der Waals surface area contributed by atoms with Crippen molar-refractivity contribution in [3.05, 3.63) is 48.6 Å². The fraction of sp³-hybridized carbons (Fsp3) is 0.796. The zero-order valence-corrected chi connectivity index (χ0v) is 39.6. The quantitative estimate of drug-likeness (QED) is 0.0196. The number of ether oxygens (including phenoxy) is 2. The minimum absolute atomic E-state index is 0.0364.